The number of anilines is 2. The maximum atomic E-state index is 13.6. The second-order valence-electron chi connectivity index (χ2n) is 4.87. The van der Waals surface area contributed by atoms with Gasteiger partial charge in [-0.05, 0) is 30.3 Å². The van der Waals surface area contributed by atoms with Crippen LogP contribution in [0.15, 0.2) is 60.9 Å². The molecule has 0 fully saturated rings. The summed E-state index contributed by atoms with van der Waals surface area (Å²) in [7, 11) is 0. The quantitative estimate of drug-likeness (QED) is 0.755. The van der Waals surface area contributed by atoms with Crippen molar-refractivity contribution in [2.45, 2.75) is 6.54 Å². The molecule has 0 radical (unpaired) electrons. The molecule has 2 heterocycles. The van der Waals surface area contributed by atoms with Gasteiger partial charge in [-0.3, -0.25) is 9.78 Å². The zero-order valence-corrected chi connectivity index (χ0v) is 12.6. The minimum atomic E-state index is -0.511. The van der Waals surface area contributed by atoms with Gasteiger partial charge in [-0.25, -0.2) is 14.4 Å². The van der Waals surface area contributed by atoms with E-state index in [9.17, 15) is 9.18 Å². The van der Waals surface area contributed by atoms with Crippen LogP contribution in [0.25, 0.3) is 0 Å². The number of aromatic nitrogens is 3. The number of amides is 1. The van der Waals surface area contributed by atoms with E-state index in [1.54, 1.807) is 18.3 Å². The van der Waals surface area contributed by atoms with Crippen molar-refractivity contribution in [2.75, 3.05) is 10.6 Å². The van der Waals surface area contributed by atoms with Crippen molar-refractivity contribution in [1.82, 2.24) is 15.0 Å². The number of hydrogen-bond acceptors (Lipinski definition) is 5. The number of carbonyl (C=O) groups is 1. The minimum absolute atomic E-state index is 0.101. The number of pyridine rings is 1. The van der Waals surface area contributed by atoms with Gasteiger partial charge in [0, 0.05) is 12.4 Å². The summed E-state index contributed by atoms with van der Waals surface area (Å²) in [5, 5.41) is 5.48. The van der Waals surface area contributed by atoms with E-state index in [0.29, 0.717) is 12.5 Å². The number of halogens is 1. The van der Waals surface area contributed by atoms with Crippen LogP contribution in [0.5, 0.6) is 0 Å². The van der Waals surface area contributed by atoms with Gasteiger partial charge in [-0.15, -0.1) is 0 Å². The molecule has 24 heavy (non-hydrogen) atoms. The van der Waals surface area contributed by atoms with Gasteiger partial charge in [0.2, 0.25) is 5.95 Å². The first kappa shape index (κ1) is 15.5. The molecule has 3 rings (SSSR count). The van der Waals surface area contributed by atoms with Crippen LogP contribution in [-0.4, -0.2) is 20.9 Å². The number of rotatable bonds is 5. The van der Waals surface area contributed by atoms with E-state index in [4.69, 9.17) is 0 Å². The molecule has 3 aromatic rings. The van der Waals surface area contributed by atoms with Crippen LogP contribution in [0.3, 0.4) is 0 Å². The first-order valence-electron chi connectivity index (χ1n) is 7.25. The minimum Gasteiger partial charge on any atom is -0.349 e. The highest BCUT2D eigenvalue weighted by Gasteiger charge is 2.11. The van der Waals surface area contributed by atoms with Crippen LogP contribution in [0.1, 0.15) is 16.2 Å². The summed E-state index contributed by atoms with van der Waals surface area (Å²) < 4.78 is 13.6. The van der Waals surface area contributed by atoms with Crippen molar-refractivity contribution in [2.24, 2.45) is 0 Å². The SMILES string of the molecule is O=C(Nc1ccccc1F)c1ccnc(NCc2ccccn2)n1. The molecule has 2 aromatic heterocycles. The number of carbonyl (C=O) groups excluding carboxylic acids is 1. The molecule has 0 unspecified atom stereocenters. The molecular formula is C17H14FN5O. The van der Waals surface area contributed by atoms with E-state index in [2.05, 4.69) is 25.6 Å². The maximum absolute atomic E-state index is 13.6. The number of nitrogens with one attached hydrogen (secondary N) is 2. The van der Waals surface area contributed by atoms with E-state index in [-0.39, 0.29) is 11.4 Å². The first-order valence-corrected chi connectivity index (χ1v) is 7.25. The molecule has 6 nitrogen and oxygen atoms in total. The third-order valence-corrected chi connectivity index (χ3v) is 3.16. The highest BCUT2D eigenvalue weighted by atomic mass is 19.1. The predicted octanol–water partition coefficient (Wildman–Crippen LogP) is 2.88. The number of nitrogens with zero attached hydrogens (tertiary/aromatic N) is 3. The Kier molecular flexibility index (Phi) is 4.71. The average Bonchev–Trinajstić information content (AvgIpc) is 2.63. The summed E-state index contributed by atoms with van der Waals surface area (Å²) in [4.78, 5) is 24.5. The molecule has 0 bridgehead atoms. The Morgan fingerprint density at radius 3 is 2.62 bits per heavy atom. The number of hydrogen-bond donors (Lipinski definition) is 2. The van der Waals surface area contributed by atoms with E-state index in [1.165, 1.54) is 24.4 Å². The third-order valence-electron chi connectivity index (χ3n) is 3.16. The summed E-state index contributed by atoms with van der Waals surface area (Å²) >= 11 is 0. The largest absolute Gasteiger partial charge is 0.349 e. The van der Waals surface area contributed by atoms with E-state index < -0.39 is 11.7 Å². The molecule has 1 amide bonds. The molecule has 0 aliphatic rings. The van der Waals surface area contributed by atoms with Crippen molar-refractivity contribution in [1.29, 1.82) is 0 Å². The zero-order valence-electron chi connectivity index (χ0n) is 12.6. The van der Waals surface area contributed by atoms with Crippen LogP contribution >= 0.6 is 0 Å². The van der Waals surface area contributed by atoms with Gasteiger partial charge in [0.1, 0.15) is 11.5 Å². The highest BCUT2D eigenvalue weighted by Crippen LogP contribution is 2.13. The van der Waals surface area contributed by atoms with Gasteiger partial charge >= 0.3 is 0 Å². The molecule has 120 valence electrons. The summed E-state index contributed by atoms with van der Waals surface area (Å²) in [5.74, 6) is -0.723. The summed E-state index contributed by atoms with van der Waals surface area (Å²) in [5.41, 5.74) is 1.06. The highest BCUT2D eigenvalue weighted by molar-refractivity contribution is 6.03. The topological polar surface area (TPSA) is 79.8 Å². The molecule has 0 saturated carbocycles. The van der Waals surface area contributed by atoms with Gasteiger partial charge in [-0.1, -0.05) is 18.2 Å². The Hall–Kier alpha value is -3.35. The zero-order chi connectivity index (χ0) is 16.8. The summed E-state index contributed by atoms with van der Waals surface area (Å²) in [6.07, 6.45) is 3.15. The van der Waals surface area contributed by atoms with E-state index in [0.717, 1.165) is 5.69 Å². The van der Waals surface area contributed by atoms with Crippen molar-refractivity contribution in [3.8, 4) is 0 Å². The molecule has 0 aliphatic carbocycles. The Morgan fingerprint density at radius 1 is 1.00 bits per heavy atom. The molecule has 7 heteroatoms. The summed E-state index contributed by atoms with van der Waals surface area (Å²) in [6.45, 7) is 0.430. The van der Waals surface area contributed by atoms with Crippen LogP contribution in [0.2, 0.25) is 0 Å². The monoisotopic (exact) mass is 323 g/mol. The number of benzene rings is 1. The Labute approximate surface area is 137 Å². The van der Waals surface area contributed by atoms with Gasteiger partial charge in [0.05, 0.1) is 17.9 Å². The van der Waals surface area contributed by atoms with Crippen molar-refractivity contribution in [3.05, 3.63) is 78.1 Å². The lowest BCUT2D eigenvalue weighted by Gasteiger charge is -2.07. The lowest BCUT2D eigenvalue weighted by Crippen LogP contribution is -2.16. The Morgan fingerprint density at radius 2 is 1.83 bits per heavy atom. The van der Waals surface area contributed by atoms with Crippen molar-refractivity contribution in [3.63, 3.8) is 0 Å². The molecular weight excluding hydrogens is 309 g/mol. The Balaban J connectivity index is 1.68. The third kappa shape index (κ3) is 3.89. The molecule has 0 atom stereocenters. The van der Waals surface area contributed by atoms with Gasteiger partial charge < -0.3 is 10.6 Å². The van der Waals surface area contributed by atoms with Gasteiger partial charge in [0.25, 0.3) is 5.91 Å². The van der Waals surface area contributed by atoms with Crippen LogP contribution < -0.4 is 10.6 Å². The fourth-order valence-corrected chi connectivity index (χ4v) is 1.99. The smallest absolute Gasteiger partial charge is 0.274 e. The lowest BCUT2D eigenvalue weighted by atomic mass is 10.3. The fourth-order valence-electron chi connectivity index (χ4n) is 1.99. The molecule has 2 N–H and O–H groups in total. The van der Waals surface area contributed by atoms with E-state index >= 15 is 0 Å². The first-order chi connectivity index (χ1) is 11.7. The van der Waals surface area contributed by atoms with Gasteiger partial charge in [0.15, 0.2) is 0 Å². The normalized spacial score (nSPS) is 10.2. The van der Waals surface area contributed by atoms with Crippen LogP contribution in [0.4, 0.5) is 16.0 Å². The number of para-hydroxylation sites is 1. The molecule has 0 saturated heterocycles. The maximum Gasteiger partial charge on any atom is 0.274 e. The summed E-state index contributed by atoms with van der Waals surface area (Å²) in [6, 6.07) is 13.0. The van der Waals surface area contributed by atoms with E-state index in [1.807, 2.05) is 18.2 Å². The standard InChI is InChI=1S/C17H14FN5O/c18-13-6-1-2-7-14(13)22-16(24)15-8-10-20-17(23-15)21-11-12-5-3-4-9-19-12/h1-10H,11H2,(H,22,24)(H,20,21,23). The second-order valence-corrected chi connectivity index (χ2v) is 4.87. The lowest BCUT2D eigenvalue weighted by molar-refractivity contribution is 0.102. The fraction of sp³-hybridized carbons (Fsp3) is 0.0588. The second kappa shape index (κ2) is 7.28. The molecule has 0 aliphatic heterocycles. The van der Waals surface area contributed by atoms with Gasteiger partial charge in [-0.2, -0.15) is 0 Å². The molecule has 1 aromatic carbocycles. The Bertz CT molecular complexity index is 841. The van der Waals surface area contributed by atoms with Crippen LogP contribution in [0, 0.1) is 5.82 Å². The van der Waals surface area contributed by atoms with Crippen molar-refractivity contribution < 1.29 is 9.18 Å². The average molecular weight is 323 g/mol. The predicted molar refractivity (Wildman–Crippen MR) is 87.9 cm³/mol. The van der Waals surface area contributed by atoms with Crippen LogP contribution in [-0.2, 0) is 6.54 Å². The molecule has 0 spiro atoms. The van der Waals surface area contributed by atoms with Crippen molar-refractivity contribution >= 4 is 17.5 Å².